The lowest BCUT2D eigenvalue weighted by molar-refractivity contribution is -0.384. The summed E-state index contributed by atoms with van der Waals surface area (Å²) in [5, 5.41) is 13.7. The number of nitrogens with one attached hydrogen (secondary N) is 1. The predicted octanol–water partition coefficient (Wildman–Crippen LogP) is 3.66. The van der Waals surface area contributed by atoms with Crippen LogP contribution in [0.3, 0.4) is 0 Å². The molecule has 1 aliphatic rings. The van der Waals surface area contributed by atoms with Crippen LogP contribution in [0.1, 0.15) is 29.6 Å². The Morgan fingerprint density at radius 1 is 1.07 bits per heavy atom. The van der Waals surface area contributed by atoms with E-state index in [1.165, 1.54) is 12.1 Å². The number of benzene rings is 2. The predicted molar refractivity (Wildman–Crippen MR) is 104 cm³/mol. The van der Waals surface area contributed by atoms with Gasteiger partial charge < -0.3 is 15.0 Å². The van der Waals surface area contributed by atoms with E-state index in [0.717, 1.165) is 43.5 Å². The number of carbonyl (C=O) groups is 2. The third kappa shape index (κ3) is 5.07. The number of hydrogen-bond acceptors (Lipinski definition) is 6. The molecular formula is C20H19F2N3O5. The quantitative estimate of drug-likeness (QED) is 0.436. The van der Waals surface area contributed by atoms with E-state index in [0.29, 0.717) is 18.8 Å². The van der Waals surface area contributed by atoms with E-state index < -0.39 is 35.0 Å². The average Bonchev–Trinajstić information content (AvgIpc) is 2.74. The van der Waals surface area contributed by atoms with Gasteiger partial charge in [-0.2, -0.15) is 0 Å². The fourth-order valence-corrected chi connectivity index (χ4v) is 3.18. The van der Waals surface area contributed by atoms with E-state index in [1.807, 2.05) is 4.90 Å². The molecule has 1 aliphatic heterocycles. The lowest BCUT2D eigenvalue weighted by atomic mass is 10.1. The maximum Gasteiger partial charge on any atom is 0.338 e. The Morgan fingerprint density at radius 2 is 1.80 bits per heavy atom. The van der Waals surface area contributed by atoms with Crippen LogP contribution < -0.4 is 10.2 Å². The van der Waals surface area contributed by atoms with Crippen LogP contribution in [0.25, 0.3) is 0 Å². The molecule has 1 N–H and O–H groups in total. The summed E-state index contributed by atoms with van der Waals surface area (Å²) < 4.78 is 31.0. The van der Waals surface area contributed by atoms with Crippen molar-refractivity contribution in [2.75, 3.05) is 29.9 Å². The first-order chi connectivity index (χ1) is 14.3. The maximum absolute atomic E-state index is 13.2. The Hall–Kier alpha value is -3.56. The summed E-state index contributed by atoms with van der Waals surface area (Å²) in [5.41, 5.74) is 0.157. The number of halogens is 2. The fraction of sp³-hybridized carbons (Fsp3) is 0.300. The highest BCUT2D eigenvalue weighted by Crippen LogP contribution is 2.31. The van der Waals surface area contributed by atoms with Crippen LogP contribution in [0.5, 0.6) is 0 Å². The van der Waals surface area contributed by atoms with Gasteiger partial charge in [0.2, 0.25) is 0 Å². The summed E-state index contributed by atoms with van der Waals surface area (Å²) in [7, 11) is 0. The minimum Gasteiger partial charge on any atom is -0.452 e. The molecule has 2 aromatic rings. The van der Waals surface area contributed by atoms with Gasteiger partial charge in [0.25, 0.3) is 11.6 Å². The minimum atomic E-state index is -1.13. The molecule has 0 saturated carbocycles. The number of anilines is 2. The number of rotatable bonds is 6. The number of carbonyl (C=O) groups excluding carboxylic acids is 2. The Bertz CT molecular complexity index is 977. The summed E-state index contributed by atoms with van der Waals surface area (Å²) in [6.07, 6.45) is 2.95. The second-order valence-corrected chi connectivity index (χ2v) is 6.76. The Kier molecular flexibility index (Phi) is 6.55. The third-order valence-electron chi connectivity index (χ3n) is 4.64. The van der Waals surface area contributed by atoms with Gasteiger partial charge in [-0.3, -0.25) is 14.9 Å². The third-order valence-corrected chi connectivity index (χ3v) is 4.64. The highest BCUT2D eigenvalue weighted by Gasteiger charge is 2.23. The van der Waals surface area contributed by atoms with Crippen molar-refractivity contribution in [1.29, 1.82) is 0 Å². The molecule has 3 rings (SSSR count). The average molecular weight is 419 g/mol. The molecule has 0 unspecified atom stereocenters. The van der Waals surface area contributed by atoms with Gasteiger partial charge in [-0.05, 0) is 43.5 Å². The molecule has 30 heavy (non-hydrogen) atoms. The van der Waals surface area contributed by atoms with E-state index in [9.17, 15) is 28.5 Å². The molecule has 0 spiro atoms. The molecule has 1 heterocycles. The van der Waals surface area contributed by atoms with Crippen LogP contribution in [0.4, 0.5) is 25.8 Å². The van der Waals surface area contributed by atoms with E-state index in [1.54, 1.807) is 0 Å². The van der Waals surface area contributed by atoms with Crippen molar-refractivity contribution in [3.05, 3.63) is 63.7 Å². The van der Waals surface area contributed by atoms with Gasteiger partial charge >= 0.3 is 5.97 Å². The summed E-state index contributed by atoms with van der Waals surface area (Å²) in [4.78, 5) is 36.9. The zero-order valence-electron chi connectivity index (χ0n) is 15.9. The maximum atomic E-state index is 13.2. The normalized spacial score (nSPS) is 13.6. The SMILES string of the molecule is O=C(COC(=O)c1ccc(N2CCCCC2)c([N+](=O)[O-])c1)Nc1ccc(F)c(F)c1. The first-order valence-electron chi connectivity index (χ1n) is 9.30. The molecule has 0 atom stereocenters. The van der Waals surface area contributed by atoms with Crippen LogP contribution >= 0.6 is 0 Å². The summed E-state index contributed by atoms with van der Waals surface area (Å²) in [6.45, 7) is 0.711. The molecule has 1 amide bonds. The van der Waals surface area contributed by atoms with Crippen molar-refractivity contribution < 1.29 is 28.0 Å². The smallest absolute Gasteiger partial charge is 0.338 e. The summed E-state index contributed by atoms with van der Waals surface area (Å²) >= 11 is 0. The summed E-state index contributed by atoms with van der Waals surface area (Å²) in [5.74, 6) is -3.88. The van der Waals surface area contributed by atoms with Crippen LogP contribution in [-0.4, -0.2) is 36.5 Å². The first-order valence-corrected chi connectivity index (χ1v) is 9.30. The van der Waals surface area contributed by atoms with Crippen molar-refractivity contribution in [1.82, 2.24) is 0 Å². The first kappa shape index (κ1) is 21.2. The second kappa shape index (κ2) is 9.29. The van der Waals surface area contributed by atoms with Gasteiger partial charge in [0.05, 0.1) is 10.5 Å². The number of esters is 1. The van der Waals surface area contributed by atoms with Gasteiger partial charge in [0.1, 0.15) is 5.69 Å². The number of ether oxygens (including phenoxy) is 1. The molecule has 2 aromatic carbocycles. The largest absolute Gasteiger partial charge is 0.452 e. The molecule has 0 radical (unpaired) electrons. The molecule has 8 nitrogen and oxygen atoms in total. The van der Waals surface area contributed by atoms with Gasteiger partial charge in [-0.25, -0.2) is 13.6 Å². The van der Waals surface area contributed by atoms with Crippen molar-refractivity contribution in [2.24, 2.45) is 0 Å². The second-order valence-electron chi connectivity index (χ2n) is 6.76. The molecule has 158 valence electrons. The van der Waals surface area contributed by atoms with Gasteiger partial charge in [-0.1, -0.05) is 0 Å². The lowest BCUT2D eigenvalue weighted by Gasteiger charge is -2.28. The van der Waals surface area contributed by atoms with E-state index in [-0.39, 0.29) is 16.9 Å². The zero-order chi connectivity index (χ0) is 21.7. The number of nitro groups is 1. The number of nitrogens with zero attached hydrogens (tertiary/aromatic N) is 2. The number of amides is 1. The Morgan fingerprint density at radius 3 is 2.47 bits per heavy atom. The lowest BCUT2D eigenvalue weighted by Crippen LogP contribution is -2.30. The van der Waals surface area contributed by atoms with Crippen LogP contribution in [0.2, 0.25) is 0 Å². The summed E-state index contributed by atoms with van der Waals surface area (Å²) in [6, 6.07) is 6.83. The molecular weight excluding hydrogens is 400 g/mol. The van der Waals surface area contributed by atoms with Crippen molar-refractivity contribution >= 4 is 28.9 Å². The van der Waals surface area contributed by atoms with Crippen LogP contribution in [-0.2, 0) is 9.53 Å². The van der Waals surface area contributed by atoms with Crippen LogP contribution in [0.15, 0.2) is 36.4 Å². The monoisotopic (exact) mass is 419 g/mol. The number of nitro benzene ring substituents is 1. The molecule has 0 aliphatic carbocycles. The molecule has 0 aromatic heterocycles. The van der Waals surface area contributed by atoms with E-state index in [2.05, 4.69) is 5.32 Å². The highest BCUT2D eigenvalue weighted by atomic mass is 19.2. The van der Waals surface area contributed by atoms with Crippen molar-refractivity contribution in [3.63, 3.8) is 0 Å². The van der Waals surface area contributed by atoms with Gasteiger partial charge in [-0.15, -0.1) is 0 Å². The molecule has 1 fully saturated rings. The molecule has 1 saturated heterocycles. The van der Waals surface area contributed by atoms with E-state index in [4.69, 9.17) is 4.74 Å². The van der Waals surface area contributed by atoms with Gasteiger partial charge in [0.15, 0.2) is 18.2 Å². The Labute approximate surface area is 170 Å². The topological polar surface area (TPSA) is 102 Å². The molecule has 10 heteroatoms. The number of piperidine rings is 1. The fourth-order valence-electron chi connectivity index (χ4n) is 3.18. The molecule has 0 bridgehead atoms. The van der Waals surface area contributed by atoms with Crippen molar-refractivity contribution in [3.8, 4) is 0 Å². The van der Waals surface area contributed by atoms with E-state index >= 15 is 0 Å². The van der Waals surface area contributed by atoms with Crippen molar-refractivity contribution in [2.45, 2.75) is 19.3 Å². The standard InChI is InChI=1S/C20H19F2N3O5/c21-15-6-5-14(11-16(15)22)23-19(26)12-30-20(27)13-4-7-17(18(10-13)25(28)29)24-8-2-1-3-9-24/h4-7,10-11H,1-3,8-9,12H2,(H,23,26). The Balaban J connectivity index is 1.64. The zero-order valence-corrected chi connectivity index (χ0v) is 15.9. The van der Waals surface area contributed by atoms with Gasteiger partial charge in [0, 0.05) is 30.9 Å². The number of hydrogen-bond donors (Lipinski definition) is 1. The minimum absolute atomic E-state index is 0.00327. The highest BCUT2D eigenvalue weighted by molar-refractivity contribution is 5.96. The van der Waals surface area contributed by atoms with Crippen LogP contribution in [0, 0.1) is 21.7 Å².